The van der Waals surface area contributed by atoms with Crippen molar-refractivity contribution in [3.63, 3.8) is 0 Å². The fourth-order valence-electron chi connectivity index (χ4n) is 4.75. The van der Waals surface area contributed by atoms with Gasteiger partial charge in [-0.2, -0.15) is 5.10 Å². The van der Waals surface area contributed by atoms with Crippen molar-refractivity contribution in [2.24, 2.45) is 0 Å². The number of amides is 1. The lowest BCUT2D eigenvalue weighted by atomic mass is 10.0. The topological polar surface area (TPSA) is 46.9 Å². The zero-order valence-corrected chi connectivity index (χ0v) is 22.6. The second-order valence-electron chi connectivity index (χ2n) is 9.22. The summed E-state index contributed by atoms with van der Waals surface area (Å²) in [7, 11) is 0. The predicted molar refractivity (Wildman–Crippen MR) is 153 cm³/mol. The minimum Gasteiger partial charge on any atom is -0.344 e. The molecule has 3 aromatic carbocycles. The van der Waals surface area contributed by atoms with Gasteiger partial charge in [-0.1, -0.05) is 77.3 Å². The van der Waals surface area contributed by atoms with Gasteiger partial charge in [0.2, 0.25) is 0 Å². The van der Waals surface area contributed by atoms with Crippen molar-refractivity contribution in [1.29, 1.82) is 0 Å². The van der Waals surface area contributed by atoms with E-state index in [9.17, 15) is 4.79 Å². The lowest BCUT2D eigenvalue weighted by molar-refractivity contribution is 0.0933. The summed E-state index contributed by atoms with van der Waals surface area (Å²) in [4.78, 5) is 13.6. The zero-order valence-electron chi connectivity index (χ0n) is 20.3. The highest BCUT2D eigenvalue weighted by Crippen LogP contribution is 2.37. The van der Waals surface area contributed by atoms with Crippen molar-refractivity contribution in [1.82, 2.24) is 15.1 Å². The van der Waals surface area contributed by atoms with Crippen LogP contribution in [0.1, 0.15) is 65.1 Å². The Kier molecular flexibility index (Phi) is 7.71. The number of halogens is 3. The van der Waals surface area contributed by atoms with Gasteiger partial charge in [0.15, 0.2) is 5.69 Å². The summed E-state index contributed by atoms with van der Waals surface area (Å²) in [5.41, 5.74) is 6.03. The van der Waals surface area contributed by atoms with Crippen molar-refractivity contribution in [2.45, 2.75) is 38.6 Å². The first-order chi connectivity index (χ1) is 17.9. The predicted octanol–water partition coefficient (Wildman–Crippen LogP) is 8.59. The van der Waals surface area contributed by atoms with Gasteiger partial charge in [0.1, 0.15) is 0 Å². The van der Waals surface area contributed by atoms with Crippen LogP contribution >= 0.6 is 34.8 Å². The zero-order chi connectivity index (χ0) is 25.9. The van der Waals surface area contributed by atoms with Gasteiger partial charge in [0, 0.05) is 15.6 Å². The van der Waals surface area contributed by atoms with E-state index < -0.39 is 0 Å². The molecule has 0 saturated heterocycles. The number of allylic oxidation sites excluding steroid dienone is 1. The fraction of sp³-hybridized carbons (Fsp3) is 0.200. The molecule has 1 amide bonds. The van der Waals surface area contributed by atoms with Gasteiger partial charge >= 0.3 is 0 Å². The maximum absolute atomic E-state index is 13.6. The first-order valence-electron chi connectivity index (χ1n) is 12.3. The molecule has 188 valence electrons. The number of fused-ring (bicyclic) bond motifs is 1. The Balaban J connectivity index is 1.65. The number of rotatable bonds is 5. The molecule has 1 atom stereocenters. The minimum atomic E-state index is -0.211. The first-order valence-corrected chi connectivity index (χ1v) is 13.4. The molecule has 1 N–H and O–H groups in total. The minimum absolute atomic E-state index is 0.167. The van der Waals surface area contributed by atoms with Crippen LogP contribution < -0.4 is 5.32 Å². The van der Waals surface area contributed by atoms with Crippen LogP contribution in [-0.2, 0) is 6.42 Å². The maximum Gasteiger partial charge on any atom is 0.272 e. The average Bonchev–Trinajstić information content (AvgIpc) is 3.16. The van der Waals surface area contributed by atoms with Crippen LogP contribution in [-0.4, -0.2) is 15.7 Å². The number of benzene rings is 3. The molecular formula is C30H26Cl3N3O. The van der Waals surface area contributed by atoms with Crippen molar-refractivity contribution < 1.29 is 4.79 Å². The Morgan fingerprint density at radius 1 is 0.946 bits per heavy atom. The molecule has 5 rings (SSSR count). The highest BCUT2D eigenvalue weighted by atomic mass is 35.5. The van der Waals surface area contributed by atoms with Crippen molar-refractivity contribution in [3.8, 4) is 5.69 Å². The van der Waals surface area contributed by atoms with E-state index in [2.05, 4.69) is 11.4 Å². The van der Waals surface area contributed by atoms with Gasteiger partial charge in [-0.15, -0.1) is 0 Å². The summed E-state index contributed by atoms with van der Waals surface area (Å²) >= 11 is 19.1. The van der Waals surface area contributed by atoms with E-state index in [0.717, 1.165) is 53.6 Å². The third-order valence-corrected chi connectivity index (χ3v) is 7.43. The first kappa shape index (κ1) is 25.6. The molecule has 0 saturated carbocycles. The molecular weight excluding hydrogens is 525 g/mol. The molecule has 0 fully saturated rings. The Morgan fingerprint density at radius 3 is 2.41 bits per heavy atom. The smallest absolute Gasteiger partial charge is 0.272 e. The average molecular weight is 551 g/mol. The summed E-state index contributed by atoms with van der Waals surface area (Å²) in [6.07, 6.45) is 5.69. The Bertz CT molecular complexity index is 1460. The van der Waals surface area contributed by atoms with Crippen LogP contribution in [0.4, 0.5) is 0 Å². The molecule has 0 spiro atoms. The van der Waals surface area contributed by atoms with Gasteiger partial charge in [-0.25, -0.2) is 4.68 Å². The Labute approximate surface area is 231 Å². The summed E-state index contributed by atoms with van der Waals surface area (Å²) in [6.45, 7) is 1.97. The summed E-state index contributed by atoms with van der Waals surface area (Å²) < 4.78 is 1.79. The molecule has 4 aromatic rings. The molecule has 37 heavy (non-hydrogen) atoms. The lowest BCUT2D eigenvalue weighted by Crippen LogP contribution is -2.28. The standard InChI is InChI=1S/C30H26Cl3N3O/c1-19(21-7-3-2-4-8-21)34-30(37)28-25-10-6-5-9-22(17-20-11-13-23(31)14-12-20)29(25)36(35-28)27-18-24(32)15-16-26(27)33/h2-4,7-8,11-19H,5-6,9-10H2,1H3,(H,34,37)/b22-17+/t19-/m0/s1. The largest absolute Gasteiger partial charge is 0.344 e. The summed E-state index contributed by atoms with van der Waals surface area (Å²) in [5, 5.41) is 9.73. The fourth-order valence-corrected chi connectivity index (χ4v) is 5.24. The van der Waals surface area contributed by atoms with E-state index in [4.69, 9.17) is 39.9 Å². The number of nitrogens with one attached hydrogen (secondary N) is 1. The van der Waals surface area contributed by atoms with E-state index in [1.807, 2.05) is 61.5 Å². The molecule has 0 bridgehead atoms. The summed E-state index contributed by atoms with van der Waals surface area (Å²) in [5.74, 6) is -0.211. The van der Waals surface area contributed by atoms with Gasteiger partial charge in [-0.3, -0.25) is 4.79 Å². The highest BCUT2D eigenvalue weighted by molar-refractivity contribution is 6.34. The number of carbonyl (C=O) groups is 1. The molecule has 7 heteroatoms. The van der Waals surface area contributed by atoms with Gasteiger partial charge in [0.05, 0.1) is 22.4 Å². The number of nitrogens with zero attached hydrogens (tertiary/aromatic N) is 2. The van der Waals surface area contributed by atoms with E-state index in [-0.39, 0.29) is 11.9 Å². The maximum atomic E-state index is 13.6. The Morgan fingerprint density at radius 2 is 1.65 bits per heavy atom. The lowest BCUT2D eigenvalue weighted by Gasteiger charge is -2.14. The molecule has 4 nitrogen and oxygen atoms in total. The van der Waals surface area contributed by atoms with Crippen LogP contribution in [0.5, 0.6) is 0 Å². The molecule has 0 radical (unpaired) electrons. The molecule has 1 aliphatic rings. The number of hydrogen-bond donors (Lipinski definition) is 1. The van der Waals surface area contributed by atoms with Crippen molar-refractivity contribution >= 4 is 52.4 Å². The highest BCUT2D eigenvalue weighted by Gasteiger charge is 2.29. The normalized spacial score (nSPS) is 15.2. The molecule has 0 aliphatic heterocycles. The molecule has 1 heterocycles. The number of aromatic nitrogens is 2. The van der Waals surface area contributed by atoms with Crippen LogP contribution in [0.15, 0.2) is 72.8 Å². The van der Waals surface area contributed by atoms with E-state index in [0.29, 0.717) is 26.4 Å². The Hall–Kier alpha value is -3.05. The monoisotopic (exact) mass is 549 g/mol. The van der Waals surface area contributed by atoms with Crippen LogP contribution in [0.3, 0.4) is 0 Å². The second kappa shape index (κ2) is 11.1. The van der Waals surface area contributed by atoms with Crippen molar-refractivity contribution in [2.75, 3.05) is 0 Å². The van der Waals surface area contributed by atoms with Crippen LogP contribution in [0.25, 0.3) is 17.3 Å². The molecule has 1 aromatic heterocycles. The number of hydrogen-bond acceptors (Lipinski definition) is 2. The van der Waals surface area contributed by atoms with Gasteiger partial charge in [-0.05, 0) is 85.7 Å². The van der Waals surface area contributed by atoms with Crippen molar-refractivity contribution in [3.05, 3.63) is 116 Å². The van der Waals surface area contributed by atoms with Gasteiger partial charge < -0.3 is 5.32 Å². The third kappa shape index (κ3) is 5.62. The quantitative estimate of drug-likeness (QED) is 0.253. The van der Waals surface area contributed by atoms with Gasteiger partial charge in [0.25, 0.3) is 5.91 Å². The number of carbonyl (C=O) groups excluding carboxylic acids is 1. The molecule has 1 aliphatic carbocycles. The van der Waals surface area contributed by atoms with Crippen LogP contribution in [0.2, 0.25) is 15.1 Å². The van der Waals surface area contributed by atoms with E-state index in [1.165, 1.54) is 0 Å². The second-order valence-corrected chi connectivity index (χ2v) is 10.5. The van der Waals surface area contributed by atoms with E-state index in [1.54, 1.807) is 22.9 Å². The third-order valence-electron chi connectivity index (χ3n) is 6.62. The molecule has 0 unspecified atom stereocenters. The SMILES string of the molecule is C[C@H](NC(=O)c1nn(-c2cc(Cl)ccc2Cl)c2c1CCCC/C2=C\c1ccc(Cl)cc1)c1ccccc1. The van der Waals surface area contributed by atoms with E-state index >= 15 is 0 Å². The summed E-state index contributed by atoms with van der Waals surface area (Å²) in [6, 6.07) is 22.7. The van der Waals surface area contributed by atoms with Crippen LogP contribution in [0, 0.1) is 0 Å².